The maximum absolute atomic E-state index is 13.6. The van der Waals surface area contributed by atoms with Crippen LogP contribution in [0.15, 0.2) is 64.3 Å². The normalized spacial score (nSPS) is 19.5. The SMILES string of the molecule is COc1ccc(C2C(C(=O)c3cc4cc(Cl)ccc4o3)=C(O)C(=O)N2C2CCCCC2)cc1. The third kappa shape index (κ3) is 3.78. The van der Waals surface area contributed by atoms with Gasteiger partial charge in [0.1, 0.15) is 11.3 Å². The van der Waals surface area contributed by atoms with Crippen molar-refractivity contribution in [3.8, 4) is 5.75 Å². The van der Waals surface area contributed by atoms with Crippen molar-refractivity contribution in [2.24, 2.45) is 0 Å². The molecule has 2 aliphatic rings. The number of benzene rings is 2. The van der Waals surface area contributed by atoms with Gasteiger partial charge in [-0.05, 0) is 54.8 Å². The lowest BCUT2D eigenvalue weighted by atomic mass is 9.90. The van der Waals surface area contributed by atoms with Gasteiger partial charge >= 0.3 is 0 Å². The fourth-order valence-electron chi connectivity index (χ4n) is 4.96. The number of ketones is 1. The van der Waals surface area contributed by atoms with Crippen molar-refractivity contribution in [3.05, 3.63) is 76.2 Å². The zero-order valence-electron chi connectivity index (χ0n) is 18.2. The number of carbonyl (C=O) groups excluding carboxylic acids is 2. The number of halogens is 1. The quantitative estimate of drug-likeness (QED) is 0.467. The molecule has 1 saturated carbocycles. The van der Waals surface area contributed by atoms with E-state index in [2.05, 4.69) is 0 Å². The van der Waals surface area contributed by atoms with Gasteiger partial charge in [-0.25, -0.2) is 0 Å². The van der Waals surface area contributed by atoms with Crippen molar-refractivity contribution in [2.45, 2.75) is 44.2 Å². The van der Waals surface area contributed by atoms with Crippen LogP contribution in [0.2, 0.25) is 5.02 Å². The van der Waals surface area contributed by atoms with Crippen molar-refractivity contribution in [1.82, 2.24) is 4.90 Å². The second kappa shape index (κ2) is 8.60. The van der Waals surface area contributed by atoms with Crippen LogP contribution in [0.4, 0.5) is 0 Å². The minimum atomic E-state index is -0.698. The molecule has 1 atom stereocenters. The predicted octanol–water partition coefficient (Wildman–Crippen LogP) is 6.01. The number of aliphatic hydroxyl groups excluding tert-OH is 1. The van der Waals surface area contributed by atoms with Gasteiger partial charge in [-0.15, -0.1) is 0 Å². The maximum Gasteiger partial charge on any atom is 0.290 e. The van der Waals surface area contributed by atoms with Gasteiger partial charge in [0.15, 0.2) is 11.5 Å². The first-order valence-electron chi connectivity index (χ1n) is 11.1. The van der Waals surface area contributed by atoms with Crippen molar-refractivity contribution in [2.75, 3.05) is 7.11 Å². The lowest BCUT2D eigenvalue weighted by Gasteiger charge is -2.36. The molecule has 3 aromatic rings. The van der Waals surface area contributed by atoms with E-state index >= 15 is 0 Å². The van der Waals surface area contributed by atoms with Gasteiger partial charge in [0, 0.05) is 16.5 Å². The fourth-order valence-corrected chi connectivity index (χ4v) is 5.14. The average Bonchev–Trinajstić information content (AvgIpc) is 3.38. The summed E-state index contributed by atoms with van der Waals surface area (Å²) in [5, 5.41) is 12.1. The molecule has 0 bridgehead atoms. The summed E-state index contributed by atoms with van der Waals surface area (Å²) < 4.78 is 11.0. The molecular formula is C26H24ClNO5. The summed E-state index contributed by atoms with van der Waals surface area (Å²) in [5.41, 5.74) is 1.29. The van der Waals surface area contributed by atoms with Gasteiger partial charge < -0.3 is 19.2 Å². The van der Waals surface area contributed by atoms with Crippen LogP contribution in [0.3, 0.4) is 0 Å². The average molecular weight is 466 g/mol. The zero-order chi connectivity index (χ0) is 23.1. The molecule has 1 amide bonds. The largest absolute Gasteiger partial charge is 0.503 e. The molecule has 2 aromatic carbocycles. The Balaban J connectivity index is 1.60. The molecule has 1 fully saturated rings. The van der Waals surface area contributed by atoms with Crippen LogP contribution in [0, 0.1) is 0 Å². The summed E-state index contributed by atoms with van der Waals surface area (Å²) in [5.74, 6) is -0.796. The van der Waals surface area contributed by atoms with Crippen LogP contribution in [-0.4, -0.2) is 34.8 Å². The smallest absolute Gasteiger partial charge is 0.290 e. The Kier molecular flexibility index (Phi) is 5.62. The number of ether oxygens (including phenoxy) is 1. The summed E-state index contributed by atoms with van der Waals surface area (Å²) in [6, 6.07) is 13.2. The summed E-state index contributed by atoms with van der Waals surface area (Å²) in [6.45, 7) is 0. The van der Waals surface area contributed by atoms with Gasteiger partial charge in [0.2, 0.25) is 5.78 Å². The number of methoxy groups -OCH3 is 1. The Labute approximate surface area is 196 Å². The van der Waals surface area contributed by atoms with E-state index < -0.39 is 23.5 Å². The van der Waals surface area contributed by atoms with E-state index in [0.717, 1.165) is 37.7 Å². The van der Waals surface area contributed by atoms with Crippen LogP contribution in [0.1, 0.15) is 54.3 Å². The zero-order valence-corrected chi connectivity index (χ0v) is 19.0. The number of furan rings is 1. The number of carbonyl (C=O) groups is 2. The molecule has 7 heteroatoms. The number of Topliss-reactive ketones (excluding diaryl/α,β-unsaturated/α-hetero) is 1. The van der Waals surface area contributed by atoms with Gasteiger partial charge in [0.25, 0.3) is 5.91 Å². The molecule has 170 valence electrons. The third-order valence-corrected chi connectivity index (χ3v) is 6.83. The van der Waals surface area contributed by atoms with Gasteiger partial charge in [-0.2, -0.15) is 0 Å². The van der Waals surface area contributed by atoms with E-state index in [1.54, 1.807) is 48.4 Å². The highest BCUT2D eigenvalue weighted by Gasteiger charge is 2.47. The Morgan fingerprint density at radius 2 is 1.82 bits per heavy atom. The number of aliphatic hydroxyl groups is 1. The lowest BCUT2D eigenvalue weighted by molar-refractivity contribution is -0.132. The standard InChI is InChI=1S/C26H24ClNO5/c1-32-19-10-7-15(8-11-19)23-22(25(30)26(31)28(23)18-5-3-2-4-6-18)24(29)21-14-16-13-17(27)9-12-20(16)33-21/h7-14,18,23,30H,2-6H2,1H3. The molecule has 33 heavy (non-hydrogen) atoms. The number of hydrogen-bond donors (Lipinski definition) is 1. The van der Waals surface area contributed by atoms with Crippen LogP contribution in [0.5, 0.6) is 5.75 Å². The minimum Gasteiger partial charge on any atom is -0.503 e. The Morgan fingerprint density at radius 1 is 1.09 bits per heavy atom. The molecular weight excluding hydrogens is 442 g/mol. The van der Waals surface area contributed by atoms with Crippen molar-refractivity contribution in [1.29, 1.82) is 0 Å². The minimum absolute atomic E-state index is 0.0414. The Hall–Kier alpha value is -3.25. The predicted molar refractivity (Wildman–Crippen MR) is 125 cm³/mol. The molecule has 1 N–H and O–H groups in total. The number of hydrogen-bond acceptors (Lipinski definition) is 5. The van der Waals surface area contributed by atoms with Crippen LogP contribution in [0.25, 0.3) is 11.0 Å². The van der Waals surface area contributed by atoms with Crippen LogP contribution in [-0.2, 0) is 4.79 Å². The molecule has 1 aromatic heterocycles. The summed E-state index contributed by atoms with van der Waals surface area (Å²) in [6.07, 6.45) is 4.83. The monoisotopic (exact) mass is 465 g/mol. The summed E-state index contributed by atoms with van der Waals surface area (Å²) >= 11 is 6.07. The highest BCUT2D eigenvalue weighted by Crippen LogP contribution is 2.43. The summed E-state index contributed by atoms with van der Waals surface area (Å²) in [7, 11) is 1.58. The van der Waals surface area contributed by atoms with Gasteiger partial charge in [0.05, 0.1) is 18.7 Å². The molecule has 0 spiro atoms. The number of rotatable bonds is 5. The van der Waals surface area contributed by atoms with E-state index in [1.165, 1.54) is 0 Å². The fraction of sp³-hybridized carbons (Fsp3) is 0.308. The van der Waals surface area contributed by atoms with E-state index in [9.17, 15) is 14.7 Å². The van der Waals surface area contributed by atoms with Crippen molar-refractivity contribution in [3.63, 3.8) is 0 Å². The Morgan fingerprint density at radius 3 is 2.52 bits per heavy atom. The van der Waals surface area contributed by atoms with Crippen molar-refractivity contribution >= 4 is 34.3 Å². The first-order chi connectivity index (χ1) is 16.0. The van der Waals surface area contributed by atoms with E-state index in [1.807, 2.05) is 12.1 Å². The number of fused-ring (bicyclic) bond motifs is 1. The molecule has 1 aliphatic carbocycles. The van der Waals surface area contributed by atoms with E-state index in [0.29, 0.717) is 21.7 Å². The molecule has 0 radical (unpaired) electrons. The molecule has 1 aliphatic heterocycles. The van der Waals surface area contributed by atoms with Crippen LogP contribution >= 0.6 is 11.6 Å². The number of amides is 1. The van der Waals surface area contributed by atoms with E-state index in [-0.39, 0.29) is 17.4 Å². The highest BCUT2D eigenvalue weighted by molar-refractivity contribution is 6.31. The molecule has 5 rings (SSSR count). The highest BCUT2D eigenvalue weighted by atomic mass is 35.5. The second-order valence-electron chi connectivity index (χ2n) is 8.56. The maximum atomic E-state index is 13.6. The van der Waals surface area contributed by atoms with Gasteiger partial charge in [-0.1, -0.05) is 43.0 Å². The van der Waals surface area contributed by atoms with Crippen molar-refractivity contribution < 1.29 is 23.8 Å². The topological polar surface area (TPSA) is 80.0 Å². The van der Waals surface area contributed by atoms with Gasteiger partial charge in [-0.3, -0.25) is 9.59 Å². The molecule has 6 nitrogen and oxygen atoms in total. The number of nitrogens with zero attached hydrogens (tertiary/aromatic N) is 1. The Bertz CT molecular complexity index is 1250. The van der Waals surface area contributed by atoms with E-state index in [4.69, 9.17) is 20.8 Å². The van der Waals surface area contributed by atoms with Crippen LogP contribution < -0.4 is 4.74 Å². The third-order valence-electron chi connectivity index (χ3n) is 6.59. The summed E-state index contributed by atoms with van der Waals surface area (Å²) in [4.78, 5) is 28.6. The second-order valence-corrected chi connectivity index (χ2v) is 9.00. The first kappa shape index (κ1) is 21.6. The molecule has 1 unspecified atom stereocenters. The lowest BCUT2D eigenvalue weighted by Crippen LogP contribution is -2.41. The first-order valence-corrected chi connectivity index (χ1v) is 11.5. The molecule has 2 heterocycles. The molecule has 0 saturated heterocycles.